The summed E-state index contributed by atoms with van der Waals surface area (Å²) in [5.74, 6) is 2.75. The molecule has 2 heteroatoms. The first-order valence-electron chi connectivity index (χ1n) is 13.1. The van der Waals surface area contributed by atoms with Crippen molar-refractivity contribution in [2.45, 2.75) is 98.8 Å². The van der Waals surface area contributed by atoms with Crippen molar-refractivity contribution in [1.29, 1.82) is 10.5 Å². The van der Waals surface area contributed by atoms with Gasteiger partial charge in [0.25, 0.3) is 0 Å². The van der Waals surface area contributed by atoms with E-state index in [-0.39, 0.29) is 21.7 Å². The molecule has 4 aliphatic rings. The molecule has 0 aliphatic heterocycles. The Morgan fingerprint density at radius 3 is 2.19 bits per heavy atom. The summed E-state index contributed by atoms with van der Waals surface area (Å²) in [6.07, 6.45) is 11.0. The zero-order chi connectivity index (χ0) is 23.5. The van der Waals surface area contributed by atoms with Gasteiger partial charge in [0.05, 0.1) is 17.6 Å². The molecule has 0 saturated heterocycles. The second kappa shape index (κ2) is 7.76. The molecular weight excluding hydrogens is 388 g/mol. The number of fused-ring (bicyclic) bond motifs is 5. The summed E-state index contributed by atoms with van der Waals surface area (Å²) >= 11 is 0. The van der Waals surface area contributed by atoms with Crippen molar-refractivity contribution >= 4 is 0 Å². The molecule has 0 amide bonds. The van der Waals surface area contributed by atoms with Crippen molar-refractivity contribution in [2.75, 3.05) is 0 Å². The molecule has 4 rings (SSSR count). The highest BCUT2D eigenvalue weighted by Gasteiger charge is 2.69. The zero-order valence-electron chi connectivity index (χ0n) is 21.3. The van der Waals surface area contributed by atoms with Crippen LogP contribution in [-0.4, -0.2) is 0 Å². The highest BCUT2D eigenvalue weighted by atomic mass is 14.7. The maximum absolute atomic E-state index is 10.4. The Morgan fingerprint density at radius 1 is 0.875 bits per heavy atom. The van der Waals surface area contributed by atoms with Gasteiger partial charge in [-0.25, -0.2) is 0 Å². The Kier molecular flexibility index (Phi) is 5.72. The van der Waals surface area contributed by atoms with Crippen LogP contribution in [0.1, 0.15) is 98.8 Å². The molecule has 0 spiro atoms. The normalized spacial score (nSPS) is 49.7. The van der Waals surface area contributed by atoms with Crippen molar-refractivity contribution in [3.05, 3.63) is 24.3 Å². The first kappa shape index (κ1) is 23.6. The van der Waals surface area contributed by atoms with E-state index in [2.05, 4.69) is 59.9 Å². The lowest BCUT2D eigenvalue weighted by atomic mass is 9.34. The van der Waals surface area contributed by atoms with Crippen LogP contribution in [0.4, 0.5) is 0 Å². The standard InChI is InChI=1S/C30H44N2/c1-20(2)22-11-15-30(19-32)17-16-28(6)24(26(22)30)9-10-25-27(5,13-8-18-31)23(21(3)4)12-14-29(25,28)7/h22-26H,1,3,8-17H2,2,4-7H3/t22-,23-,24+,25+,26+,27-,28+,29+,30+/m0/s1. The van der Waals surface area contributed by atoms with Crippen LogP contribution in [0.3, 0.4) is 0 Å². The van der Waals surface area contributed by atoms with Gasteiger partial charge in [0.15, 0.2) is 0 Å². The van der Waals surface area contributed by atoms with Gasteiger partial charge in [-0.3, -0.25) is 0 Å². The van der Waals surface area contributed by atoms with Crippen molar-refractivity contribution in [1.82, 2.24) is 0 Å². The maximum atomic E-state index is 10.4. The van der Waals surface area contributed by atoms with Crippen molar-refractivity contribution in [3.63, 3.8) is 0 Å². The van der Waals surface area contributed by atoms with Gasteiger partial charge in [-0.15, -0.1) is 0 Å². The predicted molar refractivity (Wildman–Crippen MR) is 131 cm³/mol. The third kappa shape index (κ3) is 2.94. The van der Waals surface area contributed by atoms with E-state index in [0.717, 1.165) is 25.7 Å². The molecule has 0 aromatic carbocycles. The van der Waals surface area contributed by atoms with Crippen molar-refractivity contribution < 1.29 is 0 Å². The third-order valence-corrected chi connectivity index (χ3v) is 11.9. The van der Waals surface area contributed by atoms with Gasteiger partial charge >= 0.3 is 0 Å². The van der Waals surface area contributed by atoms with Gasteiger partial charge in [0, 0.05) is 6.42 Å². The Morgan fingerprint density at radius 2 is 1.59 bits per heavy atom. The van der Waals surface area contributed by atoms with Crippen LogP contribution in [0.15, 0.2) is 24.3 Å². The predicted octanol–water partition coefficient (Wildman–Crippen LogP) is 8.23. The van der Waals surface area contributed by atoms with Crippen LogP contribution in [0.5, 0.6) is 0 Å². The molecule has 4 fully saturated rings. The Hall–Kier alpha value is -1.54. The number of hydrogen-bond donors (Lipinski definition) is 0. The second-order valence-corrected chi connectivity index (χ2v) is 13.0. The minimum atomic E-state index is -0.129. The molecule has 174 valence electrons. The first-order valence-corrected chi connectivity index (χ1v) is 13.1. The Balaban J connectivity index is 1.78. The van der Waals surface area contributed by atoms with Crippen LogP contribution in [0.25, 0.3) is 0 Å². The fraction of sp³-hybridized carbons (Fsp3) is 0.800. The molecule has 0 unspecified atom stereocenters. The van der Waals surface area contributed by atoms with E-state index in [4.69, 9.17) is 0 Å². The van der Waals surface area contributed by atoms with E-state index in [1.165, 1.54) is 43.3 Å². The fourth-order valence-electron chi connectivity index (χ4n) is 10.2. The number of rotatable bonds is 4. The minimum absolute atomic E-state index is 0.129. The average Bonchev–Trinajstić information content (AvgIpc) is 3.13. The summed E-state index contributed by atoms with van der Waals surface area (Å²) in [5, 5.41) is 19.8. The molecule has 0 N–H and O–H groups in total. The topological polar surface area (TPSA) is 47.6 Å². The van der Waals surface area contributed by atoms with Crippen molar-refractivity contribution in [3.8, 4) is 12.1 Å². The lowest BCUT2D eigenvalue weighted by molar-refractivity contribution is -0.209. The van der Waals surface area contributed by atoms with Crippen LogP contribution in [-0.2, 0) is 0 Å². The molecule has 32 heavy (non-hydrogen) atoms. The summed E-state index contributed by atoms with van der Waals surface area (Å²) in [6, 6.07) is 5.34. The summed E-state index contributed by atoms with van der Waals surface area (Å²) in [6.45, 7) is 20.9. The molecule has 0 aromatic rings. The molecule has 2 nitrogen and oxygen atoms in total. The highest BCUT2D eigenvalue weighted by molar-refractivity contribution is 5.25. The van der Waals surface area contributed by atoms with E-state index in [9.17, 15) is 10.5 Å². The monoisotopic (exact) mass is 432 g/mol. The fourth-order valence-corrected chi connectivity index (χ4v) is 10.2. The molecule has 0 radical (unpaired) electrons. The lowest BCUT2D eigenvalue weighted by Crippen LogP contribution is -2.63. The highest BCUT2D eigenvalue weighted by Crippen LogP contribution is 2.76. The van der Waals surface area contributed by atoms with E-state index in [1.807, 2.05) is 0 Å². The smallest absolute Gasteiger partial charge is 0.0693 e. The first-order chi connectivity index (χ1) is 15.0. The van der Waals surface area contributed by atoms with E-state index in [1.54, 1.807) is 0 Å². The van der Waals surface area contributed by atoms with Crippen molar-refractivity contribution in [2.24, 2.45) is 51.2 Å². The van der Waals surface area contributed by atoms with Crippen LogP contribution in [0.2, 0.25) is 0 Å². The van der Waals surface area contributed by atoms with E-state index in [0.29, 0.717) is 36.0 Å². The number of hydrogen-bond acceptors (Lipinski definition) is 2. The van der Waals surface area contributed by atoms with Gasteiger partial charge in [-0.1, -0.05) is 45.1 Å². The average molecular weight is 433 g/mol. The Labute approximate surface area is 197 Å². The molecular formula is C30H44N2. The summed E-state index contributed by atoms with van der Waals surface area (Å²) in [7, 11) is 0. The molecule has 0 aromatic heterocycles. The van der Waals surface area contributed by atoms with Gasteiger partial charge in [-0.05, 0) is 117 Å². The quantitative estimate of drug-likeness (QED) is 0.420. The zero-order valence-corrected chi connectivity index (χ0v) is 21.3. The second-order valence-electron chi connectivity index (χ2n) is 13.0. The lowest BCUT2D eigenvalue weighted by Gasteiger charge is -2.70. The van der Waals surface area contributed by atoms with Gasteiger partial charge in [-0.2, -0.15) is 10.5 Å². The molecule has 4 aliphatic carbocycles. The largest absolute Gasteiger partial charge is 0.198 e. The molecule has 0 bridgehead atoms. The number of nitrogens with zero attached hydrogens (tertiary/aromatic N) is 2. The van der Waals surface area contributed by atoms with Crippen LogP contribution in [0, 0.1) is 73.9 Å². The SMILES string of the molecule is C=C(C)[C@@H]1CC[C@]2(C#N)CC[C@]3(C)[C@H](CC[C@@H]4[C@@](C)(CCC#N)[C@H](C(=C)C)CC[C@]43C)[C@@H]12. The summed E-state index contributed by atoms with van der Waals surface area (Å²) in [4.78, 5) is 0. The molecule has 0 heterocycles. The third-order valence-electron chi connectivity index (χ3n) is 11.9. The molecule has 9 atom stereocenters. The van der Waals surface area contributed by atoms with E-state index >= 15 is 0 Å². The maximum Gasteiger partial charge on any atom is 0.0693 e. The minimum Gasteiger partial charge on any atom is -0.198 e. The summed E-state index contributed by atoms with van der Waals surface area (Å²) < 4.78 is 0. The van der Waals surface area contributed by atoms with Crippen LogP contribution < -0.4 is 0 Å². The van der Waals surface area contributed by atoms with Gasteiger partial charge in [0.1, 0.15) is 0 Å². The number of nitriles is 2. The summed E-state index contributed by atoms with van der Waals surface area (Å²) in [5.41, 5.74) is 3.15. The van der Waals surface area contributed by atoms with Gasteiger partial charge in [0.2, 0.25) is 0 Å². The van der Waals surface area contributed by atoms with Crippen LogP contribution >= 0.6 is 0 Å². The number of allylic oxidation sites excluding steroid dienone is 2. The van der Waals surface area contributed by atoms with E-state index < -0.39 is 0 Å². The Bertz CT molecular complexity index is 887. The van der Waals surface area contributed by atoms with Gasteiger partial charge < -0.3 is 0 Å². The molecule has 4 saturated carbocycles.